The number of hydrogen-bond acceptors (Lipinski definition) is 3. The number of nitrogens with zero attached hydrogens (tertiary/aromatic N) is 1. The molecule has 25 heavy (non-hydrogen) atoms. The molecule has 0 bridgehead atoms. The van der Waals surface area contributed by atoms with Crippen molar-refractivity contribution in [3.63, 3.8) is 0 Å². The molecule has 5 nitrogen and oxygen atoms in total. The van der Waals surface area contributed by atoms with Gasteiger partial charge in [-0.3, -0.25) is 9.59 Å². The molecule has 2 amide bonds. The lowest BCUT2D eigenvalue weighted by Gasteiger charge is -2.20. The monoisotopic (exact) mass is 366 g/mol. The van der Waals surface area contributed by atoms with Crippen molar-refractivity contribution in [3.8, 4) is 5.75 Å². The number of nitrogens with one attached hydrogen (secondary N) is 1. The fraction of sp³-hybridized carbons (Fsp3) is 0.579. The number of rotatable bonds is 8. The van der Waals surface area contributed by atoms with Crippen LogP contribution in [0.2, 0.25) is 5.02 Å². The topological polar surface area (TPSA) is 58.6 Å². The van der Waals surface area contributed by atoms with E-state index in [1.807, 2.05) is 30.0 Å². The average Bonchev–Trinajstić information content (AvgIpc) is 2.79. The van der Waals surface area contributed by atoms with Gasteiger partial charge in [0.25, 0.3) is 0 Å². The van der Waals surface area contributed by atoms with Crippen LogP contribution in [0.4, 0.5) is 0 Å². The number of amides is 2. The Morgan fingerprint density at radius 1 is 1.32 bits per heavy atom. The summed E-state index contributed by atoms with van der Waals surface area (Å²) in [5.41, 5.74) is 0.972. The smallest absolute Gasteiger partial charge is 0.222 e. The van der Waals surface area contributed by atoms with Gasteiger partial charge in [0.2, 0.25) is 11.8 Å². The highest BCUT2D eigenvalue weighted by Gasteiger charge is 2.16. The molecule has 0 atom stereocenters. The van der Waals surface area contributed by atoms with E-state index in [0.29, 0.717) is 39.0 Å². The Kier molecular flexibility index (Phi) is 8.06. The first-order valence-corrected chi connectivity index (χ1v) is 9.37. The second kappa shape index (κ2) is 10.3. The summed E-state index contributed by atoms with van der Waals surface area (Å²) >= 11 is 5.97. The molecule has 1 aliphatic heterocycles. The Bertz CT molecular complexity index is 592. The van der Waals surface area contributed by atoms with Gasteiger partial charge in [0.15, 0.2) is 0 Å². The number of aryl methyl sites for hydroxylation is 1. The number of hydrogen-bond donors (Lipinski definition) is 1. The van der Waals surface area contributed by atoms with Crippen molar-refractivity contribution in [2.24, 2.45) is 0 Å². The Morgan fingerprint density at radius 2 is 2.16 bits per heavy atom. The van der Waals surface area contributed by atoms with E-state index in [1.54, 1.807) is 0 Å². The number of carbonyl (C=O) groups is 2. The molecule has 6 heteroatoms. The predicted molar refractivity (Wildman–Crippen MR) is 99.0 cm³/mol. The quantitative estimate of drug-likeness (QED) is 0.718. The molecule has 2 rings (SSSR count). The van der Waals surface area contributed by atoms with Crippen molar-refractivity contribution in [2.45, 2.75) is 45.4 Å². The minimum atomic E-state index is -0.00171. The van der Waals surface area contributed by atoms with Crippen LogP contribution < -0.4 is 10.1 Å². The summed E-state index contributed by atoms with van der Waals surface area (Å²) in [5.74, 6) is 0.971. The summed E-state index contributed by atoms with van der Waals surface area (Å²) in [4.78, 5) is 25.6. The van der Waals surface area contributed by atoms with Gasteiger partial charge in [-0.2, -0.15) is 0 Å². The molecule has 1 aromatic rings. The Morgan fingerprint density at radius 3 is 2.96 bits per heavy atom. The van der Waals surface area contributed by atoms with E-state index in [1.165, 1.54) is 0 Å². The SMILES string of the molecule is Cc1cc(OCCCC(=O)NCCN2CCCCCC2=O)ccc1Cl. The van der Waals surface area contributed by atoms with Crippen LogP contribution in [-0.2, 0) is 9.59 Å². The van der Waals surface area contributed by atoms with E-state index in [0.717, 1.165) is 42.1 Å². The van der Waals surface area contributed by atoms with Gasteiger partial charge in [0, 0.05) is 37.5 Å². The minimum absolute atomic E-state index is 0.00171. The zero-order valence-electron chi connectivity index (χ0n) is 14.9. The highest BCUT2D eigenvalue weighted by molar-refractivity contribution is 6.31. The van der Waals surface area contributed by atoms with Gasteiger partial charge in [-0.05, 0) is 49.9 Å². The van der Waals surface area contributed by atoms with Gasteiger partial charge in [-0.25, -0.2) is 0 Å². The van der Waals surface area contributed by atoms with Crippen LogP contribution in [0.3, 0.4) is 0 Å². The van der Waals surface area contributed by atoms with Crippen LogP contribution in [-0.4, -0.2) is 43.0 Å². The summed E-state index contributed by atoms with van der Waals surface area (Å²) in [6.45, 7) is 4.34. The third-order valence-electron chi connectivity index (χ3n) is 4.32. The predicted octanol–water partition coefficient (Wildman–Crippen LogP) is 3.33. The van der Waals surface area contributed by atoms with Crippen molar-refractivity contribution in [1.82, 2.24) is 10.2 Å². The molecule has 0 spiro atoms. The first kappa shape index (κ1) is 19.6. The Hall–Kier alpha value is -1.75. The molecular weight excluding hydrogens is 340 g/mol. The van der Waals surface area contributed by atoms with Crippen LogP contribution >= 0.6 is 11.6 Å². The molecule has 1 aromatic carbocycles. The lowest BCUT2D eigenvalue weighted by atomic mass is 10.2. The normalized spacial score (nSPS) is 15.0. The van der Waals surface area contributed by atoms with E-state index < -0.39 is 0 Å². The molecular formula is C19H27ClN2O3. The molecule has 1 N–H and O–H groups in total. The minimum Gasteiger partial charge on any atom is -0.494 e. The Balaban J connectivity index is 1.57. The number of ether oxygens (including phenoxy) is 1. The van der Waals surface area contributed by atoms with Crippen LogP contribution in [0.15, 0.2) is 18.2 Å². The second-order valence-electron chi connectivity index (χ2n) is 6.40. The van der Waals surface area contributed by atoms with Gasteiger partial charge < -0.3 is 15.0 Å². The summed E-state index contributed by atoms with van der Waals surface area (Å²) in [6.07, 6.45) is 4.85. The molecule has 0 aromatic heterocycles. The number of likely N-dealkylation sites (tertiary alicyclic amines) is 1. The summed E-state index contributed by atoms with van der Waals surface area (Å²) in [6, 6.07) is 5.53. The molecule has 1 aliphatic rings. The van der Waals surface area contributed by atoms with Crippen molar-refractivity contribution < 1.29 is 14.3 Å². The summed E-state index contributed by atoms with van der Waals surface area (Å²) in [7, 11) is 0. The molecule has 0 radical (unpaired) electrons. The van der Waals surface area contributed by atoms with Crippen LogP contribution in [0.25, 0.3) is 0 Å². The lowest BCUT2D eigenvalue weighted by Crippen LogP contribution is -2.38. The maximum absolute atomic E-state index is 11.9. The van der Waals surface area contributed by atoms with Gasteiger partial charge >= 0.3 is 0 Å². The third-order valence-corrected chi connectivity index (χ3v) is 4.75. The zero-order chi connectivity index (χ0) is 18.1. The largest absolute Gasteiger partial charge is 0.494 e. The summed E-state index contributed by atoms with van der Waals surface area (Å²) < 4.78 is 5.63. The highest BCUT2D eigenvalue weighted by Crippen LogP contribution is 2.21. The average molecular weight is 367 g/mol. The molecule has 0 aliphatic carbocycles. The van der Waals surface area contributed by atoms with E-state index in [2.05, 4.69) is 5.32 Å². The lowest BCUT2D eigenvalue weighted by molar-refractivity contribution is -0.131. The standard InChI is InChI=1S/C19H27ClN2O3/c1-15-14-16(8-9-17(15)20)25-13-5-6-18(23)21-10-12-22-11-4-2-3-7-19(22)24/h8-9,14H,2-7,10-13H2,1H3,(H,21,23). The number of benzene rings is 1. The van der Waals surface area contributed by atoms with Crippen molar-refractivity contribution in [2.75, 3.05) is 26.2 Å². The van der Waals surface area contributed by atoms with E-state index in [4.69, 9.17) is 16.3 Å². The van der Waals surface area contributed by atoms with Crippen LogP contribution in [0.5, 0.6) is 5.75 Å². The highest BCUT2D eigenvalue weighted by atomic mass is 35.5. The van der Waals surface area contributed by atoms with Gasteiger partial charge in [0.1, 0.15) is 5.75 Å². The first-order chi connectivity index (χ1) is 12.1. The number of carbonyl (C=O) groups excluding carboxylic acids is 2. The van der Waals surface area contributed by atoms with Crippen molar-refractivity contribution in [3.05, 3.63) is 28.8 Å². The fourth-order valence-corrected chi connectivity index (χ4v) is 2.94. The van der Waals surface area contributed by atoms with Crippen molar-refractivity contribution in [1.29, 1.82) is 0 Å². The molecule has 1 saturated heterocycles. The molecule has 138 valence electrons. The van der Waals surface area contributed by atoms with Gasteiger partial charge in [0.05, 0.1) is 6.61 Å². The van der Waals surface area contributed by atoms with Crippen LogP contribution in [0.1, 0.15) is 44.1 Å². The van der Waals surface area contributed by atoms with E-state index in [-0.39, 0.29) is 11.8 Å². The molecule has 1 heterocycles. The molecule has 0 unspecified atom stereocenters. The van der Waals surface area contributed by atoms with E-state index >= 15 is 0 Å². The molecule has 1 fully saturated rings. The van der Waals surface area contributed by atoms with Crippen LogP contribution in [0, 0.1) is 6.92 Å². The summed E-state index contributed by atoms with van der Waals surface area (Å²) in [5, 5.41) is 3.60. The first-order valence-electron chi connectivity index (χ1n) is 8.99. The van der Waals surface area contributed by atoms with Gasteiger partial charge in [-0.1, -0.05) is 18.0 Å². The Labute approximate surface area is 154 Å². The van der Waals surface area contributed by atoms with Gasteiger partial charge in [-0.15, -0.1) is 0 Å². The maximum atomic E-state index is 11.9. The van der Waals surface area contributed by atoms with Crippen molar-refractivity contribution >= 4 is 23.4 Å². The molecule has 0 saturated carbocycles. The third kappa shape index (κ3) is 6.94. The van der Waals surface area contributed by atoms with E-state index in [9.17, 15) is 9.59 Å². The maximum Gasteiger partial charge on any atom is 0.222 e. The zero-order valence-corrected chi connectivity index (χ0v) is 15.6. The number of halogens is 1. The fourth-order valence-electron chi connectivity index (χ4n) is 2.82. The second-order valence-corrected chi connectivity index (χ2v) is 6.81.